The fraction of sp³-hybridized carbons (Fsp3) is 0.471. The van der Waals surface area contributed by atoms with Crippen LogP contribution in [0, 0.1) is 5.92 Å². The van der Waals surface area contributed by atoms with E-state index in [1.165, 1.54) is 30.5 Å². The summed E-state index contributed by atoms with van der Waals surface area (Å²) in [5.41, 5.74) is 4.43. The molecule has 118 valence electrons. The Morgan fingerprint density at radius 2 is 2.17 bits per heavy atom. The maximum atomic E-state index is 5.80. The van der Waals surface area contributed by atoms with E-state index < -0.39 is 0 Å². The lowest BCUT2D eigenvalue weighted by Gasteiger charge is -2.25. The summed E-state index contributed by atoms with van der Waals surface area (Å²) in [4.78, 5) is 11.7. The number of benzene rings is 1. The Balaban J connectivity index is 1.51. The summed E-state index contributed by atoms with van der Waals surface area (Å²) in [7, 11) is 0. The lowest BCUT2D eigenvalue weighted by Crippen LogP contribution is -2.18. The first-order chi connectivity index (χ1) is 11.4. The van der Waals surface area contributed by atoms with Gasteiger partial charge in [-0.1, -0.05) is 10.9 Å². The van der Waals surface area contributed by atoms with Gasteiger partial charge in [-0.25, -0.2) is 4.98 Å². The third kappa shape index (κ3) is 2.29. The number of hydrogen-bond acceptors (Lipinski definition) is 4. The molecule has 0 radical (unpaired) electrons. The van der Waals surface area contributed by atoms with Gasteiger partial charge in [0.15, 0.2) is 0 Å². The Bertz CT molecular complexity index is 848. The molecule has 1 atom stereocenters. The van der Waals surface area contributed by atoms with Crippen LogP contribution in [-0.4, -0.2) is 31.3 Å². The SMILES string of the molecule is c1cc2nnn(OCC3CC3)c2cc1C1CCCc2cncn21. The second-order valence-corrected chi connectivity index (χ2v) is 6.65. The summed E-state index contributed by atoms with van der Waals surface area (Å²) in [5.74, 6) is 0.698. The van der Waals surface area contributed by atoms with Crippen LogP contribution in [0.1, 0.15) is 43.0 Å². The number of nitrogens with zero attached hydrogens (tertiary/aromatic N) is 5. The monoisotopic (exact) mass is 309 g/mol. The lowest BCUT2D eigenvalue weighted by molar-refractivity contribution is 0.0796. The van der Waals surface area contributed by atoms with Gasteiger partial charge in [0.25, 0.3) is 0 Å². The summed E-state index contributed by atoms with van der Waals surface area (Å²) in [6.07, 6.45) is 9.91. The number of rotatable bonds is 4. The first-order valence-electron chi connectivity index (χ1n) is 8.38. The fourth-order valence-electron chi connectivity index (χ4n) is 3.43. The zero-order chi connectivity index (χ0) is 15.2. The first kappa shape index (κ1) is 13.1. The van der Waals surface area contributed by atoms with E-state index in [9.17, 15) is 0 Å². The zero-order valence-electron chi connectivity index (χ0n) is 12.9. The van der Waals surface area contributed by atoms with Crippen molar-refractivity contribution in [2.45, 2.75) is 38.1 Å². The van der Waals surface area contributed by atoms with Crippen molar-refractivity contribution in [1.82, 2.24) is 24.7 Å². The zero-order valence-corrected chi connectivity index (χ0v) is 12.9. The highest BCUT2D eigenvalue weighted by Gasteiger charge is 2.24. The molecular formula is C17H19N5O. The van der Waals surface area contributed by atoms with Gasteiger partial charge in [0, 0.05) is 11.9 Å². The molecule has 1 fully saturated rings. The molecule has 3 aromatic rings. The van der Waals surface area contributed by atoms with E-state index in [2.05, 4.69) is 32.0 Å². The molecule has 2 aliphatic rings. The van der Waals surface area contributed by atoms with Crippen molar-refractivity contribution in [3.63, 3.8) is 0 Å². The van der Waals surface area contributed by atoms with Gasteiger partial charge >= 0.3 is 0 Å². The largest absolute Gasteiger partial charge is 0.395 e. The summed E-state index contributed by atoms with van der Waals surface area (Å²) in [6, 6.07) is 6.71. The molecule has 3 heterocycles. The van der Waals surface area contributed by atoms with Crippen LogP contribution >= 0.6 is 0 Å². The van der Waals surface area contributed by atoms with Crippen LogP contribution in [0.25, 0.3) is 11.0 Å². The minimum Gasteiger partial charge on any atom is -0.395 e. The van der Waals surface area contributed by atoms with E-state index in [4.69, 9.17) is 4.84 Å². The quantitative estimate of drug-likeness (QED) is 0.742. The summed E-state index contributed by atoms with van der Waals surface area (Å²) < 4.78 is 2.30. The molecule has 2 aromatic heterocycles. The van der Waals surface area contributed by atoms with Crippen LogP contribution in [0.3, 0.4) is 0 Å². The maximum absolute atomic E-state index is 5.80. The Hall–Kier alpha value is -2.37. The normalized spacial score (nSPS) is 20.6. The topological polar surface area (TPSA) is 57.8 Å². The molecule has 1 aliphatic carbocycles. The molecule has 5 rings (SSSR count). The second kappa shape index (κ2) is 5.08. The standard InChI is InChI=1S/C17H19N5O/c1-2-14-9-18-11-21(14)16(3-1)13-6-7-15-17(8-13)22(20-19-15)23-10-12-4-5-12/h6-9,11-12,16H,1-5,10H2. The first-order valence-corrected chi connectivity index (χ1v) is 8.38. The van der Waals surface area contributed by atoms with E-state index in [0.717, 1.165) is 30.5 Å². The van der Waals surface area contributed by atoms with Crippen LogP contribution in [0.4, 0.5) is 0 Å². The van der Waals surface area contributed by atoms with Crippen molar-refractivity contribution in [1.29, 1.82) is 0 Å². The van der Waals surface area contributed by atoms with Gasteiger partial charge in [0.1, 0.15) is 17.6 Å². The fourth-order valence-corrected chi connectivity index (χ4v) is 3.43. The van der Waals surface area contributed by atoms with Crippen molar-refractivity contribution in [2.24, 2.45) is 5.92 Å². The lowest BCUT2D eigenvalue weighted by atomic mass is 9.96. The van der Waals surface area contributed by atoms with Crippen LogP contribution < -0.4 is 4.84 Å². The van der Waals surface area contributed by atoms with Gasteiger partial charge in [-0.3, -0.25) is 0 Å². The number of imidazole rings is 1. The van der Waals surface area contributed by atoms with Crippen LogP contribution in [0.2, 0.25) is 0 Å². The van der Waals surface area contributed by atoms with E-state index >= 15 is 0 Å². The van der Waals surface area contributed by atoms with Crippen LogP contribution in [-0.2, 0) is 6.42 Å². The third-order valence-electron chi connectivity index (χ3n) is 4.95. The number of fused-ring (bicyclic) bond motifs is 2. The molecule has 0 amide bonds. The van der Waals surface area contributed by atoms with E-state index in [1.54, 1.807) is 4.85 Å². The third-order valence-corrected chi connectivity index (χ3v) is 4.95. The highest BCUT2D eigenvalue weighted by Crippen LogP contribution is 2.32. The van der Waals surface area contributed by atoms with Gasteiger partial charge in [0.05, 0.1) is 12.4 Å². The van der Waals surface area contributed by atoms with E-state index in [0.29, 0.717) is 12.0 Å². The molecule has 6 heteroatoms. The van der Waals surface area contributed by atoms with Gasteiger partial charge in [-0.15, -0.1) is 5.10 Å². The predicted molar refractivity (Wildman–Crippen MR) is 85.0 cm³/mol. The Morgan fingerprint density at radius 1 is 1.22 bits per heavy atom. The molecule has 0 bridgehead atoms. The van der Waals surface area contributed by atoms with Crippen molar-refractivity contribution in [3.05, 3.63) is 42.0 Å². The predicted octanol–water partition coefficient (Wildman–Crippen LogP) is 2.39. The van der Waals surface area contributed by atoms with Gasteiger partial charge in [0.2, 0.25) is 0 Å². The molecule has 1 aliphatic heterocycles. The molecule has 0 saturated heterocycles. The highest BCUT2D eigenvalue weighted by atomic mass is 16.7. The molecule has 23 heavy (non-hydrogen) atoms. The van der Waals surface area contributed by atoms with Crippen LogP contribution in [0.5, 0.6) is 0 Å². The summed E-state index contributed by atoms with van der Waals surface area (Å²) in [6.45, 7) is 0.734. The molecule has 1 unspecified atom stereocenters. The van der Waals surface area contributed by atoms with Crippen LogP contribution in [0.15, 0.2) is 30.7 Å². The Morgan fingerprint density at radius 3 is 3.09 bits per heavy atom. The number of aromatic nitrogens is 5. The van der Waals surface area contributed by atoms with Gasteiger partial charge < -0.3 is 9.40 Å². The minimum atomic E-state index is 0.345. The molecule has 0 N–H and O–H groups in total. The number of hydrogen-bond donors (Lipinski definition) is 0. The van der Waals surface area contributed by atoms with Gasteiger partial charge in [-0.2, -0.15) is 0 Å². The minimum absolute atomic E-state index is 0.345. The molecule has 1 aromatic carbocycles. The molecular weight excluding hydrogens is 290 g/mol. The summed E-state index contributed by atoms with van der Waals surface area (Å²) >= 11 is 0. The van der Waals surface area contributed by atoms with Crippen molar-refractivity contribution < 1.29 is 4.84 Å². The molecule has 1 saturated carbocycles. The number of aryl methyl sites for hydroxylation is 1. The van der Waals surface area contributed by atoms with Crippen molar-refractivity contribution >= 4 is 11.0 Å². The smallest absolute Gasteiger partial charge is 0.131 e. The van der Waals surface area contributed by atoms with E-state index in [1.807, 2.05) is 18.6 Å². The average Bonchev–Trinajstić information content (AvgIpc) is 3.14. The second-order valence-electron chi connectivity index (χ2n) is 6.65. The molecule has 6 nitrogen and oxygen atoms in total. The average molecular weight is 309 g/mol. The van der Waals surface area contributed by atoms with E-state index in [-0.39, 0.29) is 0 Å². The van der Waals surface area contributed by atoms with Gasteiger partial charge in [-0.05, 0) is 60.9 Å². The Kier molecular flexibility index (Phi) is 2.89. The van der Waals surface area contributed by atoms with Crippen molar-refractivity contribution in [3.8, 4) is 0 Å². The maximum Gasteiger partial charge on any atom is 0.131 e. The molecule has 0 spiro atoms. The highest BCUT2D eigenvalue weighted by molar-refractivity contribution is 5.74. The Labute approximate surface area is 134 Å². The summed E-state index contributed by atoms with van der Waals surface area (Å²) in [5, 5.41) is 8.35. The van der Waals surface area contributed by atoms with Crippen molar-refractivity contribution in [2.75, 3.05) is 6.61 Å².